The molecule has 1 fully saturated rings. The third-order valence-corrected chi connectivity index (χ3v) is 5.37. The number of amides is 1. The van der Waals surface area contributed by atoms with Crippen molar-refractivity contribution in [2.45, 2.75) is 24.3 Å². The molecule has 0 radical (unpaired) electrons. The SMILES string of the molecule is O=C1CC(S(=O)(=O)Cl)CN1CCc1cccc(C(F)(F)F)c1. The Hall–Kier alpha value is -1.28. The van der Waals surface area contributed by atoms with Gasteiger partial charge in [-0.3, -0.25) is 4.79 Å². The molecule has 0 aliphatic carbocycles. The highest BCUT2D eigenvalue weighted by Gasteiger charge is 2.37. The number of nitrogens with zero attached hydrogens (tertiary/aromatic N) is 1. The number of likely N-dealkylation sites (tertiary alicyclic amines) is 1. The highest BCUT2D eigenvalue weighted by atomic mass is 35.7. The van der Waals surface area contributed by atoms with Crippen LogP contribution in [0.1, 0.15) is 17.5 Å². The summed E-state index contributed by atoms with van der Waals surface area (Å²) in [5.41, 5.74) is -0.321. The lowest BCUT2D eigenvalue weighted by Crippen LogP contribution is -2.29. The molecule has 122 valence electrons. The van der Waals surface area contributed by atoms with Crippen molar-refractivity contribution < 1.29 is 26.4 Å². The first-order valence-corrected chi connectivity index (χ1v) is 8.82. The molecule has 1 heterocycles. The minimum atomic E-state index is -4.42. The summed E-state index contributed by atoms with van der Waals surface area (Å²) in [6, 6.07) is 4.83. The van der Waals surface area contributed by atoms with Gasteiger partial charge in [-0.1, -0.05) is 18.2 Å². The molecule has 1 aromatic rings. The van der Waals surface area contributed by atoms with E-state index in [1.807, 2.05) is 0 Å². The van der Waals surface area contributed by atoms with Crippen molar-refractivity contribution >= 4 is 25.6 Å². The number of hydrogen-bond acceptors (Lipinski definition) is 3. The van der Waals surface area contributed by atoms with Crippen LogP contribution in [0.25, 0.3) is 0 Å². The maximum absolute atomic E-state index is 12.6. The number of alkyl halides is 3. The first kappa shape index (κ1) is 17.1. The van der Waals surface area contributed by atoms with Crippen molar-refractivity contribution in [3.05, 3.63) is 35.4 Å². The van der Waals surface area contributed by atoms with Crippen LogP contribution >= 0.6 is 10.7 Å². The van der Waals surface area contributed by atoms with Gasteiger partial charge >= 0.3 is 6.18 Å². The van der Waals surface area contributed by atoms with E-state index < -0.39 is 26.0 Å². The maximum Gasteiger partial charge on any atom is 0.416 e. The molecule has 9 heteroatoms. The molecule has 22 heavy (non-hydrogen) atoms. The monoisotopic (exact) mass is 355 g/mol. The minimum absolute atomic E-state index is 0.0242. The van der Waals surface area contributed by atoms with Gasteiger partial charge in [-0.2, -0.15) is 13.2 Å². The van der Waals surface area contributed by atoms with Crippen molar-refractivity contribution in [1.82, 2.24) is 4.90 Å². The molecule has 4 nitrogen and oxygen atoms in total. The van der Waals surface area contributed by atoms with Gasteiger partial charge in [0, 0.05) is 30.2 Å². The fourth-order valence-corrected chi connectivity index (χ4v) is 3.37. The van der Waals surface area contributed by atoms with Crippen LogP contribution in [-0.4, -0.2) is 37.6 Å². The molecule has 1 aliphatic heterocycles. The summed E-state index contributed by atoms with van der Waals surface area (Å²) in [6.07, 6.45) is -4.39. The second kappa shape index (κ2) is 6.08. The highest BCUT2D eigenvalue weighted by molar-refractivity contribution is 8.14. The zero-order valence-electron chi connectivity index (χ0n) is 11.3. The molecule has 1 saturated heterocycles. The van der Waals surface area contributed by atoms with Crippen LogP contribution < -0.4 is 0 Å². The Bertz CT molecular complexity index is 675. The zero-order chi connectivity index (χ0) is 16.5. The van der Waals surface area contributed by atoms with Gasteiger partial charge in [0.2, 0.25) is 15.0 Å². The molecule has 0 aromatic heterocycles. The van der Waals surface area contributed by atoms with Crippen LogP contribution in [-0.2, 0) is 26.4 Å². The minimum Gasteiger partial charge on any atom is -0.341 e. The van der Waals surface area contributed by atoms with Gasteiger partial charge in [0.05, 0.1) is 5.56 Å². The Morgan fingerprint density at radius 2 is 2.00 bits per heavy atom. The molecule has 0 N–H and O–H groups in total. The molecule has 0 spiro atoms. The number of benzene rings is 1. The second-order valence-corrected chi connectivity index (χ2v) is 8.00. The summed E-state index contributed by atoms with van der Waals surface area (Å²) in [5, 5.41) is -0.955. The second-order valence-electron chi connectivity index (χ2n) is 5.09. The predicted molar refractivity (Wildman–Crippen MR) is 74.9 cm³/mol. The Balaban J connectivity index is 2.01. The molecular weight excluding hydrogens is 343 g/mol. The van der Waals surface area contributed by atoms with E-state index in [9.17, 15) is 26.4 Å². The average Bonchev–Trinajstić information content (AvgIpc) is 2.77. The summed E-state index contributed by atoms with van der Waals surface area (Å²) >= 11 is 0. The Kier molecular flexibility index (Phi) is 4.72. The summed E-state index contributed by atoms with van der Waals surface area (Å²) < 4.78 is 60.3. The lowest BCUT2D eigenvalue weighted by molar-refractivity contribution is -0.137. The third kappa shape index (κ3) is 4.13. The number of rotatable bonds is 4. The lowest BCUT2D eigenvalue weighted by Gasteiger charge is -2.16. The molecule has 1 atom stereocenters. The van der Waals surface area contributed by atoms with Crippen LogP contribution in [0.3, 0.4) is 0 Å². The highest BCUT2D eigenvalue weighted by Crippen LogP contribution is 2.29. The van der Waals surface area contributed by atoms with E-state index in [4.69, 9.17) is 10.7 Å². The largest absolute Gasteiger partial charge is 0.416 e. The molecule has 0 bridgehead atoms. The quantitative estimate of drug-likeness (QED) is 0.779. The smallest absolute Gasteiger partial charge is 0.341 e. The van der Waals surface area contributed by atoms with E-state index in [-0.39, 0.29) is 31.8 Å². The molecule has 2 rings (SSSR count). The summed E-state index contributed by atoms with van der Waals surface area (Å²) in [5.74, 6) is -0.360. The van der Waals surface area contributed by atoms with Crippen LogP contribution in [0.5, 0.6) is 0 Å². The summed E-state index contributed by atoms with van der Waals surface area (Å²) in [6.45, 7) is 0.132. The molecule has 0 saturated carbocycles. The van der Waals surface area contributed by atoms with Gasteiger partial charge in [0.1, 0.15) is 5.25 Å². The normalized spacial score (nSPS) is 19.7. The number of carbonyl (C=O) groups is 1. The first-order valence-electron chi connectivity index (χ1n) is 6.45. The topological polar surface area (TPSA) is 54.5 Å². The van der Waals surface area contributed by atoms with Crippen LogP contribution in [0.4, 0.5) is 13.2 Å². The summed E-state index contributed by atoms with van der Waals surface area (Å²) in [4.78, 5) is 13.0. The van der Waals surface area contributed by atoms with E-state index >= 15 is 0 Å². The van der Waals surface area contributed by atoms with Crippen molar-refractivity contribution in [3.8, 4) is 0 Å². The van der Waals surface area contributed by atoms with Crippen LogP contribution in [0.2, 0.25) is 0 Å². The van der Waals surface area contributed by atoms with Gasteiger partial charge < -0.3 is 4.90 Å². The van der Waals surface area contributed by atoms with Crippen molar-refractivity contribution in [2.75, 3.05) is 13.1 Å². The average molecular weight is 356 g/mol. The van der Waals surface area contributed by atoms with Crippen LogP contribution in [0, 0.1) is 0 Å². The van der Waals surface area contributed by atoms with E-state index in [0.29, 0.717) is 5.56 Å². The molecule has 1 aliphatic rings. The first-order chi connectivity index (χ1) is 10.1. The Morgan fingerprint density at radius 3 is 2.55 bits per heavy atom. The standard InChI is InChI=1S/C13H13ClF3NO3S/c14-22(20,21)11-7-12(19)18(8-11)5-4-9-2-1-3-10(6-9)13(15,16)17/h1-3,6,11H,4-5,7-8H2. The Morgan fingerprint density at radius 1 is 1.32 bits per heavy atom. The van der Waals surface area contributed by atoms with Gasteiger partial charge in [-0.15, -0.1) is 0 Å². The van der Waals surface area contributed by atoms with Gasteiger partial charge in [-0.05, 0) is 18.1 Å². The molecule has 1 aromatic carbocycles. The predicted octanol–water partition coefficient (Wildman–Crippen LogP) is 2.42. The third-order valence-electron chi connectivity index (χ3n) is 3.50. The fourth-order valence-electron chi connectivity index (χ4n) is 2.31. The summed E-state index contributed by atoms with van der Waals surface area (Å²) in [7, 11) is 1.41. The van der Waals surface area contributed by atoms with Crippen LogP contribution in [0.15, 0.2) is 24.3 Å². The number of carbonyl (C=O) groups excluding carboxylic acids is 1. The van der Waals surface area contributed by atoms with Gasteiger partial charge in [0.25, 0.3) is 0 Å². The van der Waals surface area contributed by atoms with E-state index in [2.05, 4.69) is 0 Å². The van der Waals surface area contributed by atoms with E-state index in [1.54, 1.807) is 0 Å². The number of hydrogen-bond donors (Lipinski definition) is 0. The zero-order valence-corrected chi connectivity index (χ0v) is 12.9. The lowest BCUT2D eigenvalue weighted by atomic mass is 10.1. The van der Waals surface area contributed by atoms with E-state index in [1.165, 1.54) is 17.0 Å². The molecule has 1 unspecified atom stereocenters. The molecular formula is C13H13ClF3NO3S. The van der Waals surface area contributed by atoms with Crippen molar-refractivity contribution in [2.24, 2.45) is 0 Å². The Labute approximate surface area is 130 Å². The van der Waals surface area contributed by atoms with Crippen molar-refractivity contribution in [3.63, 3.8) is 0 Å². The van der Waals surface area contributed by atoms with E-state index in [0.717, 1.165) is 12.1 Å². The molecule has 1 amide bonds. The fraction of sp³-hybridized carbons (Fsp3) is 0.462. The van der Waals surface area contributed by atoms with Gasteiger partial charge in [-0.25, -0.2) is 8.42 Å². The number of halogens is 4. The van der Waals surface area contributed by atoms with Gasteiger partial charge in [0.15, 0.2) is 0 Å². The van der Waals surface area contributed by atoms with Crippen molar-refractivity contribution in [1.29, 1.82) is 0 Å². The maximum atomic E-state index is 12.6.